The average molecular weight is 405 g/mol. The lowest BCUT2D eigenvalue weighted by molar-refractivity contribution is 0.0717. The van der Waals surface area contributed by atoms with Crippen molar-refractivity contribution in [2.24, 2.45) is 5.73 Å². The first-order valence-corrected chi connectivity index (χ1v) is 11.3. The van der Waals surface area contributed by atoms with Crippen LogP contribution in [0.1, 0.15) is 52.0 Å². The Bertz CT molecular complexity index is 968. The summed E-state index contributed by atoms with van der Waals surface area (Å²) in [5, 5.41) is 2.02. The molecule has 3 aliphatic rings. The number of fused-ring (bicyclic) bond motifs is 1. The van der Waals surface area contributed by atoms with Gasteiger partial charge in [-0.2, -0.15) is 0 Å². The molecule has 2 heterocycles. The Balaban J connectivity index is 0.000000286. The number of thiophene rings is 1. The molecule has 1 aliphatic heterocycles. The van der Waals surface area contributed by atoms with Crippen molar-refractivity contribution in [2.45, 2.75) is 38.6 Å². The number of carbonyl (C=O) groups is 1. The number of nitrogens with zero attached hydrogens (tertiary/aromatic N) is 1. The number of piperidine rings is 1. The van der Waals surface area contributed by atoms with Crippen molar-refractivity contribution >= 4 is 17.2 Å². The monoisotopic (exact) mass is 404 g/mol. The van der Waals surface area contributed by atoms with Crippen LogP contribution in [0.15, 0.2) is 60.0 Å². The molecule has 0 radical (unpaired) electrons. The number of hydrogen-bond acceptors (Lipinski definition) is 3. The molecule has 2 N–H and O–H groups in total. The van der Waals surface area contributed by atoms with Gasteiger partial charge >= 0.3 is 0 Å². The van der Waals surface area contributed by atoms with Gasteiger partial charge in [0.2, 0.25) is 0 Å². The molecule has 0 saturated carbocycles. The number of benzene rings is 2. The first-order valence-electron chi connectivity index (χ1n) is 10.4. The van der Waals surface area contributed by atoms with E-state index < -0.39 is 0 Å². The second kappa shape index (κ2) is 8.93. The van der Waals surface area contributed by atoms with E-state index in [1.54, 1.807) is 11.3 Å². The van der Waals surface area contributed by atoms with Gasteiger partial charge < -0.3 is 10.6 Å². The van der Waals surface area contributed by atoms with E-state index in [9.17, 15) is 4.79 Å². The van der Waals surface area contributed by atoms with Gasteiger partial charge in [0.25, 0.3) is 5.91 Å². The summed E-state index contributed by atoms with van der Waals surface area (Å²) in [7, 11) is 0. The van der Waals surface area contributed by atoms with E-state index in [1.807, 2.05) is 10.3 Å². The number of rotatable bonds is 4. The fraction of sp³-hybridized carbons (Fsp3) is 0.320. The van der Waals surface area contributed by atoms with Crippen molar-refractivity contribution in [3.63, 3.8) is 0 Å². The summed E-state index contributed by atoms with van der Waals surface area (Å²) in [6.45, 7) is 4.38. The van der Waals surface area contributed by atoms with Gasteiger partial charge in [-0.15, -0.1) is 11.3 Å². The molecule has 4 heteroatoms. The third-order valence-corrected chi connectivity index (χ3v) is 6.82. The zero-order chi connectivity index (χ0) is 20.2. The highest BCUT2D eigenvalue weighted by atomic mass is 32.1. The lowest BCUT2D eigenvalue weighted by Crippen LogP contribution is -2.37. The minimum atomic E-state index is 0.214. The molecular formula is C25H28N2OS. The number of likely N-dealkylation sites (tertiary alicyclic amines) is 1. The van der Waals surface area contributed by atoms with Gasteiger partial charge in [-0.1, -0.05) is 49.4 Å². The van der Waals surface area contributed by atoms with E-state index in [1.165, 1.54) is 27.8 Å². The van der Waals surface area contributed by atoms with Crippen LogP contribution in [0.25, 0.3) is 11.1 Å². The highest BCUT2D eigenvalue weighted by Gasteiger charge is 2.26. The molecule has 0 spiro atoms. The van der Waals surface area contributed by atoms with E-state index in [0.717, 1.165) is 37.2 Å². The zero-order valence-electron chi connectivity index (χ0n) is 16.9. The third-order valence-electron chi connectivity index (χ3n) is 5.87. The fourth-order valence-electron chi connectivity index (χ4n) is 4.01. The molecule has 1 amide bonds. The van der Waals surface area contributed by atoms with Gasteiger partial charge in [0, 0.05) is 19.6 Å². The Morgan fingerprint density at radius 2 is 1.79 bits per heavy atom. The molecule has 1 fully saturated rings. The molecular weight excluding hydrogens is 376 g/mol. The van der Waals surface area contributed by atoms with Crippen molar-refractivity contribution in [1.29, 1.82) is 0 Å². The third kappa shape index (κ3) is 4.60. The van der Waals surface area contributed by atoms with Crippen LogP contribution in [0.2, 0.25) is 0 Å². The Labute approximate surface area is 177 Å². The van der Waals surface area contributed by atoms with Crippen LogP contribution < -0.4 is 5.73 Å². The molecule has 150 valence electrons. The lowest BCUT2D eigenvalue weighted by Gasteiger charge is -2.32. The molecule has 1 aromatic carbocycles. The van der Waals surface area contributed by atoms with Crippen LogP contribution in [-0.2, 0) is 13.0 Å². The maximum Gasteiger partial charge on any atom is 0.264 e. The topological polar surface area (TPSA) is 46.3 Å². The standard InChI is InChI=1S/C19H24N2OS.C6H4/c1-2-15-8-11-23-18(15)19(22)21-9-6-16(7-10-21)17-5-3-4-14(12-17)13-20;1-2-5-4-6(5)3-1/h3-5,8,11-12,16H,2,6-7,9-10,13,20H2,1H3;1-4H. The SMILES string of the molecule is CCc1ccsc1C(=O)N1CCC(c2cccc(CN)c2)CC1.c1cc2cc-2c1. The maximum absolute atomic E-state index is 12.7. The summed E-state index contributed by atoms with van der Waals surface area (Å²) in [5.41, 5.74) is 12.3. The van der Waals surface area contributed by atoms with Crippen molar-refractivity contribution in [3.8, 4) is 11.1 Å². The summed E-state index contributed by atoms with van der Waals surface area (Å²) in [6.07, 6.45) is 2.99. The summed E-state index contributed by atoms with van der Waals surface area (Å²) < 4.78 is 0. The normalized spacial score (nSPS) is 14.9. The number of hydrogen-bond donors (Lipinski definition) is 1. The van der Waals surface area contributed by atoms with Crippen LogP contribution in [0, 0.1) is 0 Å². The minimum Gasteiger partial charge on any atom is -0.338 e. The van der Waals surface area contributed by atoms with Gasteiger partial charge in [0.05, 0.1) is 4.88 Å². The van der Waals surface area contributed by atoms with Crippen molar-refractivity contribution in [2.75, 3.05) is 13.1 Å². The van der Waals surface area contributed by atoms with Crippen LogP contribution in [-0.4, -0.2) is 23.9 Å². The van der Waals surface area contributed by atoms with Gasteiger partial charge in [0.1, 0.15) is 0 Å². The second-order valence-corrected chi connectivity index (χ2v) is 8.64. The molecule has 3 nitrogen and oxygen atoms in total. The Morgan fingerprint density at radius 3 is 2.38 bits per heavy atom. The summed E-state index contributed by atoms with van der Waals surface area (Å²) in [5.74, 6) is 0.755. The van der Waals surface area contributed by atoms with E-state index in [2.05, 4.69) is 61.5 Å². The van der Waals surface area contributed by atoms with E-state index >= 15 is 0 Å². The van der Waals surface area contributed by atoms with Gasteiger partial charge in [-0.3, -0.25) is 4.79 Å². The molecule has 5 rings (SSSR count). The number of nitrogens with two attached hydrogens (primary N) is 1. The van der Waals surface area contributed by atoms with Gasteiger partial charge in [-0.25, -0.2) is 0 Å². The highest BCUT2D eigenvalue weighted by Crippen LogP contribution is 2.33. The molecule has 2 aromatic rings. The van der Waals surface area contributed by atoms with Crippen molar-refractivity contribution in [1.82, 2.24) is 4.90 Å². The van der Waals surface area contributed by atoms with Crippen LogP contribution in [0.5, 0.6) is 0 Å². The lowest BCUT2D eigenvalue weighted by atomic mass is 9.88. The molecule has 1 aromatic heterocycles. The van der Waals surface area contributed by atoms with Crippen molar-refractivity contribution < 1.29 is 4.79 Å². The first-order chi connectivity index (χ1) is 14.2. The number of aryl methyl sites for hydroxylation is 1. The quantitative estimate of drug-likeness (QED) is 0.491. The predicted octanol–water partition coefficient (Wildman–Crippen LogP) is 5.46. The molecule has 0 unspecified atom stereocenters. The zero-order valence-corrected chi connectivity index (χ0v) is 17.8. The molecule has 29 heavy (non-hydrogen) atoms. The number of amides is 1. The molecule has 0 atom stereocenters. The second-order valence-electron chi connectivity index (χ2n) is 7.72. The maximum atomic E-state index is 12.7. The van der Waals surface area contributed by atoms with Gasteiger partial charge in [-0.05, 0) is 70.5 Å². The Hall–Kier alpha value is -2.43. The first kappa shape index (κ1) is 19.9. The average Bonchev–Trinajstić information content (AvgIpc) is 3.17. The van der Waals surface area contributed by atoms with Gasteiger partial charge in [0.15, 0.2) is 0 Å². The molecule has 0 bridgehead atoms. The Kier molecular flexibility index (Phi) is 6.12. The summed E-state index contributed by atoms with van der Waals surface area (Å²) >= 11 is 1.57. The predicted molar refractivity (Wildman–Crippen MR) is 121 cm³/mol. The van der Waals surface area contributed by atoms with Crippen LogP contribution in [0.3, 0.4) is 0 Å². The molecule has 2 aliphatic carbocycles. The minimum absolute atomic E-state index is 0.214. The summed E-state index contributed by atoms with van der Waals surface area (Å²) in [4.78, 5) is 15.7. The largest absolute Gasteiger partial charge is 0.338 e. The summed E-state index contributed by atoms with van der Waals surface area (Å²) in [6, 6.07) is 19.1. The van der Waals surface area contributed by atoms with Crippen LogP contribution >= 0.6 is 11.3 Å². The van der Waals surface area contributed by atoms with E-state index in [0.29, 0.717) is 12.5 Å². The number of carbonyl (C=O) groups excluding carboxylic acids is 1. The fourth-order valence-corrected chi connectivity index (χ4v) is 4.97. The highest BCUT2D eigenvalue weighted by molar-refractivity contribution is 7.12. The molecule has 1 saturated heterocycles. The van der Waals surface area contributed by atoms with Crippen LogP contribution in [0.4, 0.5) is 0 Å². The van der Waals surface area contributed by atoms with E-state index in [-0.39, 0.29) is 5.91 Å². The van der Waals surface area contributed by atoms with E-state index in [4.69, 9.17) is 5.73 Å². The Morgan fingerprint density at radius 1 is 1.07 bits per heavy atom. The smallest absolute Gasteiger partial charge is 0.264 e. The van der Waals surface area contributed by atoms with Crippen molar-refractivity contribution in [3.05, 3.63) is 81.5 Å².